The third-order valence-electron chi connectivity index (χ3n) is 4.02. The molecule has 1 aliphatic rings. The van der Waals surface area contributed by atoms with Crippen molar-refractivity contribution in [1.82, 2.24) is 0 Å². The Bertz CT molecular complexity index is 805. The van der Waals surface area contributed by atoms with Gasteiger partial charge in [-0.1, -0.05) is 11.6 Å². The Balaban J connectivity index is 1.74. The maximum absolute atomic E-state index is 13.2. The quantitative estimate of drug-likeness (QED) is 0.568. The molecule has 2 N–H and O–H groups in total. The molecule has 1 aliphatic carbocycles. The Morgan fingerprint density at radius 1 is 1.28 bits per heavy atom. The molecule has 3 rings (SSSR count). The number of aliphatic hydroxyl groups is 1. The second kappa shape index (κ2) is 8.24. The zero-order valence-corrected chi connectivity index (χ0v) is 16.9. The fourth-order valence-corrected chi connectivity index (χ4v) is 4.92. The molecule has 132 valence electrons. The summed E-state index contributed by atoms with van der Waals surface area (Å²) < 4.78 is 14.3. The van der Waals surface area contributed by atoms with Crippen molar-refractivity contribution in [3.05, 3.63) is 56.4 Å². The number of benzene rings is 2. The minimum atomic E-state index is -0.522. The standard InChI is InChI=1S/C18H16ClFINO2S/c19-14-8-11(2-5-15(14)20)22-18(24)10-1-6-16(21)17(7-10)25-13-4-3-12(23)9-13/h1-2,5-8,12-13,23H,3-4,9H2,(H,22,24)/t12-,13-/m0/s1. The molecule has 0 bridgehead atoms. The molecular formula is C18H16ClFINO2S. The van der Waals surface area contributed by atoms with E-state index in [0.29, 0.717) is 16.5 Å². The number of anilines is 1. The smallest absolute Gasteiger partial charge is 0.255 e. The van der Waals surface area contributed by atoms with E-state index < -0.39 is 5.82 Å². The van der Waals surface area contributed by atoms with Gasteiger partial charge in [0.1, 0.15) is 5.82 Å². The monoisotopic (exact) mass is 491 g/mol. The number of nitrogens with one attached hydrogen (secondary N) is 1. The molecule has 1 amide bonds. The summed E-state index contributed by atoms with van der Waals surface area (Å²) >= 11 is 9.70. The molecular weight excluding hydrogens is 476 g/mol. The van der Waals surface area contributed by atoms with E-state index in [4.69, 9.17) is 11.6 Å². The van der Waals surface area contributed by atoms with Crippen molar-refractivity contribution in [2.24, 2.45) is 0 Å². The zero-order valence-electron chi connectivity index (χ0n) is 13.1. The lowest BCUT2D eigenvalue weighted by molar-refractivity contribution is 0.102. The van der Waals surface area contributed by atoms with E-state index in [1.165, 1.54) is 18.2 Å². The first-order valence-electron chi connectivity index (χ1n) is 7.83. The fraction of sp³-hybridized carbons (Fsp3) is 0.278. The average Bonchev–Trinajstić information content (AvgIpc) is 2.98. The molecule has 1 fully saturated rings. The summed E-state index contributed by atoms with van der Waals surface area (Å²) in [6, 6.07) is 9.60. The van der Waals surface area contributed by atoms with Gasteiger partial charge < -0.3 is 10.4 Å². The van der Waals surface area contributed by atoms with Crippen LogP contribution in [0, 0.1) is 9.39 Å². The van der Waals surface area contributed by atoms with Crippen LogP contribution in [0.15, 0.2) is 41.3 Å². The van der Waals surface area contributed by atoms with Crippen LogP contribution in [-0.2, 0) is 0 Å². The van der Waals surface area contributed by atoms with Crippen LogP contribution in [0.25, 0.3) is 0 Å². The van der Waals surface area contributed by atoms with Crippen molar-refractivity contribution in [3.8, 4) is 0 Å². The van der Waals surface area contributed by atoms with Crippen molar-refractivity contribution in [2.75, 3.05) is 5.32 Å². The van der Waals surface area contributed by atoms with Crippen LogP contribution in [0.4, 0.5) is 10.1 Å². The van der Waals surface area contributed by atoms with Crippen LogP contribution in [0.3, 0.4) is 0 Å². The SMILES string of the molecule is O=C(Nc1ccc(F)c(Cl)c1)c1ccc(I)c(S[C@H]2CC[C@H](O)C2)c1. The van der Waals surface area contributed by atoms with E-state index in [2.05, 4.69) is 27.9 Å². The predicted molar refractivity (Wildman–Crippen MR) is 108 cm³/mol. The van der Waals surface area contributed by atoms with Gasteiger partial charge in [0, 0.05) is 25.0 Å². The van der Waals surface area contributed by atoms with E-state index in [1.807, 2.05) is 12.1 Å². The molecule has 2 atom stereocenters. The highest BCUT2D eigenvalue weighted by Crippen LogP contribution is 2.37. The zero-order chi connectivity index (χ0) is 18.0. The van der Waals surface area contributed by atoms with Gasteiger partial charge in [0.25, 0.3) is 5.91 Å². The summed E-state index contributed by atoms with van der Waals surface area (Å²) in [6.07, 6.45) is 2.38. The molecule has 0 aromatic heterocycles. The molecule has 7 heteroatoms. The van der Waals surface area contributed by atoms with E-state index in [1.54, 1.807) is 17.8 Å². The highest BCUT2D eigenvalue weighted by Gasteiger charge is 2.24. The number of hydrogen-bond donors (Lipinski definition) is 2. The number of rotatable bonds is 4. The van der Waals surface area contributed by atoms with Crippen LogP contribution >= 0.6 is 46.0 Å². The van der Waals surface area contributed by atoms with Crippen molar-refractivity contribution < 1.29 is 14.3 Å². The Labute approximate surface area is 168 Å². The number of halogens is 3. The van der Waals surface area contributed by atoms with Crippen LogP contribution in [0.5, 0.6) is 0 Å². The van der Waals surface area contributed by atoms with Crippen LogP contribution in [0.1, 0.15) is 29.6 Å². The molecule has 0 radical (unpaired) electrons. The molecule has 1 saturated carbocycles. The maximum atomic E-state index is 13.2. The van der Waals surface area contributed by atoms with Crippen LogP contribution < -0.4 is 5.32 Å². The second-order valence-electron chi connectivity index (χ2n) is 5.93. The van der Waals surface area contributed by atoms with Crippen LogP contribution in [-0.4, -0.2) is 22.4 Å². The fourth-order valence-electron chi connectivity index (χ4n) is 2.72. The lowest BCUT2D eigenvalue weighted by atomic mass is 10.2. The van der Waals surface area contributed by atoms with E-state index in [-0.39, 0.29) is 17.0 Å². The van der Waals surface area contributed by atoms with E-state index >= 15 is 0 Å². The molecule has 2 aromatic carbocycles. The van der Waals surface area contributed by atoms with Gasteiger partial charge in [0.05, 0.1) is 11.1 Å². The molecule has 3 nitrogen and oxygen atoms in total. The number of thioether (sulfide) groups is 1. The highest BCUT2D eigenvalue weighted by molar-refractivity contribution is 14.1. The average molecular weight is 492 g/mol. The molecule has 0 heterocycles. The number of amides is 1. The summed E-state index contributed by atoms with van der Waals surface area (Å²) in [5, 5.41) is 12.8. The summed E-state index contributed by atoms with van der Waals surface area (Å²) in [4.78, 5) is 13.5. The first kappa shape index (κ1) is 18.9. The first-order chi connectivity index (χ1) is 11.9. The van der Waals surface area contributed by atoms with Crippen molar-refractivity contribution in [2.45, 2.75) is 35.5 Å². The Kier molecular flexibility index (Phi) is 6.25. The van der Waals surface area contributed by atoms with Crippen molar-refractivity contribution >= 4 is 57.5 Å². The van der Waals surface area contributed by atoms with Gasteiger partial charge in [-0.15, -0.1) is 11.8 Å². The predicted octanol–water partition coefficient (Wildman–Crippen LogP) is 5.34. The van der Waals surface area contributed by atoms with Gasteiger partial charge in [-0.05, 0) is 78.3 Å². The lowest BCUT2D eigenvalue weighted by Crippen LogP contribution is -2.12. The second-order valence-corrected chi connectivity index (χ2v) is 8.85. The summed E-state index contributed by atoms with van der Waals surface area (Å²) in [6.45, 7) is 0. The van der Waals surface area contributed by atoms with E-state index in [9.17, 15) is 14.3 Å². The summed E-state index contributed by atoms with van der Waals surface area (Å²) in [5.74, 6) is -0.793. The molecule has 2 aromatic rings. The molecule has 0 unspecified atom stereocenters. The van der Waals surface area contributed by atoms with Crippen LogP contribution in [0.2, 0.25) is 5.02 Å². The number of carbonyl (C=O) groups excluding carboxylic acids is 1. The topological polar surface area (TPSA) is 49.3 Å². The van der Waals surface area contributed by atoms with Crippen molar-refractivity contribution in [3.63, 3.8) is 0 Å². The lowest BCUT2D eigenvalue weighted by Gasteiger charge is -2.12. The van der Waals surface area contributed by atoms with Gasteiger partial charge in [0.15, 0.2) is 0 Å². The first-order valence-corrected chi connectivity index (χ1v) is 10.2. The van der Waals surface area contributed by atoms with Gasteiger partial charge in [0.2, 0.25) is 0 Å². The molecule has 25 heavy (non-hydrogen) atoms. The Hall–Kier alpha value is -0.830. The van der Waals surface area contributed by atoms with E-state index in [0.717, 1.165) is 27.7 Å². The molecule has 0 spiro atoms. The highest BCUT2D eigenvalue weighted by atomic mass is 127. The largest absolute Gasteiger partial charge is 0.393 e. The number of aliphatic hydroxyl groups excluding tert-OH is 1. The minimum Gasteiger partial charge on any atom is -0.393 e. The number of hydrogen-bond acceptors (Lipinski definition) is 3. The van der Waals surface area contributed by atoms with Gasteiger partial charge in [-0.25, -0.2) is 4.39 Å². The number of carbonyl (C=O) groups is 1. The van der Waals surface area contributed by atoms with Gasteiger partial charge in [-0.2, -0.15) is 0 Å². The Morgan fingerprint density at radius 3 is 2.76 bits per heavy atom. The molecule has 0 saturated heterocycles. The van der Waals surface area contributed by atoms with Gasteiger partial charge >= 0.3 is 0 Å². The third-order valence-corrected chi connectivity index (χ3v) is 6.97. The minimum absolute atomic E-state index is 0.0311. The Morgan fingerprint density at radius 2 is 2.08 bits per heavy atom. The maximum Gasteiger partial charge on any atom is 0.255 e. The molecule has 0 aliphatic heterocycles. The summed E-state index contributed by atoms with van der Waals surface area (Å²) in [5.41, 5.74) is 0.977. The third kappa shape index (κ3) is 4.87. The van der Waals surface area contributed by atoms with Crippen molar-refractivity contribution in [1.29, 1.82) is 0 Å². The normalized spacial score (nSPS) is 19.8. The van der Waals surface area contributed by atoms with Gasteiger partial charge in [-0.3, -0.25) is 4.79 Å². The summed E-state index contributed by atoms with van der Waals surface area (Å²) in [7, 11) is 0.